The topological polar surface area (TPSA) is 88.3 Å². The van der Waals surface area contributed by atoms with Gasteiger partial charge in [0.05, 0.1) is 14.2 Å². The first-order valence-electron chi connectivity index (χ1n) is 9.66. The molecule has 3 rings (SSSR count). The van der Waals surface area contributed by atoms with Gasteiger partial charge < -0.3 is 25.2 Å². The number of hydrogen-bond acceptors (Lipinski definition) is 6. The molecule has 1 aromatic rings. The fourth-order valence-electron chi connectivity index (χ4n) is 4.13. The van der Waals surface area contributed by atoms with E-state index in [2.05, 4.69) is 4.90 Å². The summed E-state index contributed by atoms with van der Waals surface area (Å²) >= 11 is 0. The Bertz CT molecular complexity index is 661. The number of amides is 1. The zero-order chi connectivity index (χ0) is 19.4. The van der Waals surface area contributed by atoms with E-state index in [0.717, 1.165) is 37.9 Å². The summed E-state index contributed by atoms with van der Waals surface area (Å²) in [6.07, 6.45) is 3.10. The van der Waals surface area contributed by atoms with Crippen molar-refractivity contribution in [2.24, 2.45) is 5.73 Å². The largest absolute Gasteiger partial charge is 0.493 e. The Labute approximate surface area is 161 Å². The third-order valence-electron chi connectivity index (χ3n) is 5.67. The van der Waals surface area contributed by atoms with Gasteiger partial charge in [-0.2, -0.15) is 0 Å². The molecule has 1 amide bonds. The van der Waals surface area contributed by atoms with E-state index in [0.29, 0.717) is 37.6 Å². The Balaban J connectivity index is 1.71. The Hall–Kier alpha value is -1.83. The smallest absolute Gasteiger partial charge is 0.256 e. The molecular formula is C20H31N3O4. The minimum atomic E-state index is -1.33. The summed E-state index contributed by atoms with van der Waals surface area (Å²) in [4.78, 5) is 17.0. The fraction of sp³-hybridized carbons (Fsp3) is 0.650. The standard InChI is InChI=1S/C20H31N3O4/c1-26-17-6-3-5-15(18(17)27-2)13-23-10-4-9-20(25,19(23)24)14-22-11-7-16(21)8-12-22/h3,5-6,16,25H,4,7-14,21H2,1-2H3/t20-/m1/s1. The Morgan fingerprint density at radius 2 is 1.96 bits per heavy atom. The lowest BCUT2D eigenvalue weighted by Crippen LogP contribution is -2.59. The zero-order valence-electron chi connectivity index (χ0n) is 16.3. The van der Waals surface area contributed by atoms with E-state index in [1.165, 1.54) is 0 Å². The summed E-state index contributed by atoms with van der Waals surface area (Å²) in [6.45, 7) is 3.07. The number of para-hydroxylation sites is 1. The van der Waals surface area contributed by atoms with Crippen LogP contribution in [0.2, 0.25) is 0 Å². The van der Waals surface area contributed by atoms with Gasteiger partial charge in [0, 0.05) is 31.2 Å². The second-order valence-electron chi connectivity index (χ2n) is 7.63. The van der Waals surface area contributed by atoms with E-state index in [1.54, 1.807) is 19.1 Å². The van der Waals surface area contributed by atoms with Gasteiger partial charge in [-0.25, -0.2) is 0 Å². The summed E-state index contributed by atoms with van der Waals surface area (Å²) in [5.41, 5.74) is 5.51. The van der Waals surface area contributed by atoms with Gasteiger partial charge in [0.1, 0.15) is 0 Å². The molecule has 0 aromatic heterocycles. The van der Waals surface area contributed by atoms with Crippen molar-refractivity contribution >= 4 is 5.91 Å². The number of piperidine rings is 2. The number of hydrogen-bond donors (Lipinski definition) is 2. The van der Waals surface area contributed by atoms with Gasteiger partial charge >= 0.3 is 0 Å². The molecule has 0 bridgehead atoms. The van der Waals surface area contributed by atoms with Crippen LogP contribution in [0.5, 0.6) is 11.5 Å². The van der Waals surface area contributed by atoms with Crippen molar-refractivity contribution in [2.75, 3.05) is 40.4 Å². The number of nitrogens with two attached hydrogens (primary N) is 1. The molecule has 150 valence electrons. The Morgan fingerprint density at radius 1 is 1.22 bits per heavy atom. The summed E-state index contributed by atoms with van der Waals surface area (Å²) in [5, 5.41) is 11.1. The minimum Gasteiger partial charge on any atom is -0.493 e. The lowest BCUT2D eigenvalue weighted by Gasteiger charge is -2.42. The number of ether oxygens (including phenoxy) is 2. The van der Waals surface area contributed by atoms with E-state index < -0.39 is 5.60 Å². The summed E-state index contributed by atoms with van der Waals surface area (Å²) in [5.74, 6) is 1.07. The Kier molecular flexibility index (Phi) is 6.24. The van der Waals surface area contributed by atoms with Crippen molar-refractivity contribution in [2.45, 2.75) is 43.9 Å². The summed E-state index contributed by atoms with van der Waals surface area (Å²) in [6, 6.07) is 5.87. The highest BCUT2D eigenvalue weighted by atomic mass is 16.5. The first-order chi connectivity index (χ1) is 13.0. The number of likely N-dealkylation sites (tertiary alicyclic amines) is 2. The lowest BCUT2D eigenvalue weighted by atomic mass is 9.90. The molecule has 0 unspecified atom stereocenters. The molecule has 0 radical (unpaired) electrons. The number of carbonyl (C=O) groups excluding carboxylic acids is 1. The van der Waals surface area contributed by atoms with Crippen molar-refractivity contribution in [3.8, 4) is 11.5 Å². The molecule has 1 aromatic carbocycles. The first kappa shape index (κ1) is 19.9. The highest BCUT2D eigenvalue weighted by Gasteiger charge is 2.43. The van der Waals surface area contributed by atoms with Crippen LogP contribution in [0, 0.1) is 0 Å². The predicted octanol–water partition coefficient (Wildman–Crippen LogP) is 0.980. The lowest BCUT2D eigenvalue weighted by molar-refractivity contribution is -0.160. The number of rotatable bonds is 6. The van der Waals surface area contributed by atoms with Gasteiger partial charge in [0.2, 0.25) is 0 Å². The minimum absolute atomic E-state index is 0.200. The molecule has 7 nitrogen and oxygen atoms in total. The summed E-state index contributed by atoms with van der Waals surface area (Å²) in [7, 11) is 3.19. The maximum Gasteiger partial charge on any atom is 0.256 e. The highest BCUT2D eigenvalue weighted by molar-refractivity contribution is 5.86. The molecular weight excluding hydrogens is 346 g/mol. The van der Waals surface area contributed by atoms with Gasteiger partial charge in [-0.1, -0.05) is 12.1 Å². The molecule has 2 heterocycles. The van der Waals surface area contributed by atoms with E-state index in [9.17, 15) is 9.90 Å². The normalized spacial score (nSPS) is 24.9. The zero-order valence-corrected chi connectivity index (χ0v) is 16.3. The van der Waals surface area contributed by atoms with Crippen LogP contribution in [-0.4, -0.2) is 72.9 Å². The maximum atomic E-state index is 13.1. The van der Waals surface area contributed by atoms with Gasteiger partial charge in [-0.3, -0.25) is 9.69 Å². The molecule has 27 heavy (non-hydrogen) atoms. The molecule has 0 aliphatic carbocycles. The quantitative estimate of drug-likeness (QED) is 0.768. The maximum absolute atomic E-state index is 13.1. The van der Waals surface area contributed by atoms with Crippen molar-refractivity contribution in [1.82, 2.24) is 9.80 Å². The molecule has 0 saturated carbocycles. The number of aliphatic hydroxyl groups is 1. The number of methoxy groups -OCH3 is 2. The van der Waals surface area contributed by atoms with Crippen molar-refractivity contribution in [1.29, 1.82) is 0 Å². The van der Waals surface area contributed by atoms with Crippen molar-refractivity contribution in [3.05, 3.63) is 23.8 Å². The van der Waals surface area contributed by atoms with Crippen LogP contribution >= 0.6 is 0 Å². The van der Waals surface area contributed by atoms with Crippen LogP contribution in [0.3, 0.4) is 0 Å². The van der Waals surface area contributed by atoms with Crippen LogP contribution < -0.4 is 15.2 Å². The van der Waals surface area contributed by atoms with Gasteiger partial charge in [-0.05, 0) is 44.8 Å². The van der Waals surface area contributed by atoms with E-state index in [4.69, 9.17) is 15.2 Å². The molecule has 7 heteroatoms. The number of β-amino-alcohol motifs (C(OH)–C–C–N with tert-alkyl or cyclic N) is 1. The second kappa shape index (κ2) is 8.46. The van der Waals surface area contributed by atoms with Crippen molar-refractivity contribution in [3.63, 3.8) is 0 Å². The van der Waals surface area contributed by atoms with Gasteiger partial charge in [0.15, 0.2) is 17.1 Å². The number of nitrogens with zero attached hydrogens (tertiary/aromatic N) is 2. The molecule has 3 N–H and O–H groups in total. The van der Waals surface area contributed by atoms with Crippen LogP contribution in [0.15, 0.2) is 18.2 Å². The number of benzene rings is 1. The van der Waals surface area contributed by atoms with E-state index in [-0.39, 0.29) is 11.9 Å². The van der Waals surface area contributed by atoms with E-state index in [1.807, 2.05) is 18.2 Å². The second-order valence-corrected chi connectivity index (χ2v) is 7.63. The molecule has 2 fully saturated rings. The molecule has 1 atom stereocenters. The summed E-state index contributed by atoms with van der Waals surface area (Å²) < 4.78 is 10.8. The van der Waals surface area contributed by atoms with E-state index >= 15 is 0 Å². The molecule has 2 saturated heterocycles. The third kappa shape index (κ3) is 4.36. The van der Waals surface area contributed by atoms with Crippen molar-refractivity contribution < 1.29 is 19.4 Å². The van der Waals surface area contributed by atoms with Crippen LogP contribution in [-0.2, 0) is 11.3 Å². The first-order valence-corrected chi connectivity index (χ1v) is 9.66. The molecule has 0 spiro atoms. The van der Waals surface area contributed by atoms with Gasteiger partial charge in [0.25, 0.3) is 5.91 Å². The molecule has 2 aliphatic rings. The molecule has 2 aliphatic heterocycles. The van der Waals surface area contributed by atoms with Crippen LogP contribution in [0.1, 0.15) is 31.2 Å². The third-order valence-corrected chi connectivity index (χ3v) is 5.67. The number of carbonyl (C=O) groups is 1. The fourth-order valence-corrected chi connectivity index (χ4v) is 4.13. The van der Waals surface area contributed by atoms with Crippen LogP contribution in [0.25, 0.3) is 0 Å². The monoisotopic (exact) mass is 377 g/mol. The average Bonchev–Trinajstić information content (AvgIpc) is 2.67. The average molecular weight is 377 g/mol. The Morgan fingerprint density at radius 3 is 2.63 bits per heavy atom. The SMILES string of the molecule is COc1cccc(CN2CCC[C@@](O)(CN3CCC(N)CC3)C2=O)c1OC. The highest BCUT2D eigenvalue weighted by Crippen LogP contribution is 2.33. The van der Waals surface area contributed by atoms with Crippen LogP contribution in [0.4, 0.5) is 0 Å². The van der Waals surface area contributed by atoms with Gasteiger partial charge in [-0.15, -0.1) is 0 Å². The predicted molar refractivity (Wildman–Crippen MR) is 103 cm³/mol.